The molecule has 1 aliphatic rings. The number of amides is 1. The van der Waals surface area contributed by atoms with E-state index in [-0.39, 0.29) is 12.2 Å². The Hall–Kier alpha value is -2.76. The van der Waals surface area contributed by atoms with Crippen molar-refractivity contribution < 1.29 is 26.7 Å². The van der Waals surface area contributed by atoms with Gasteiger partial charge in [0.05, 0.1) is 12.5 Å². The molecule has 0 aromatic heterocycles. The minimum atomic E-state index is -4.01. The van der Waals surface area contributed by atoms with E-state index in [4.69, 9.17) is 4.74 Å². The molecule has 2 aromatic carbocycles. The molecular weight excluding hydrogens is 406 g/mol. The summed E-state index contributed by atoms with van der Waals surface area (Å²) >= 11 is 0. The molecule has 0 aliphatic carbocycles. The number of rotatable bonds is 7. The van der Waals surface area contributed by atoms with Crippen LogP contribution in [0, 0.1) is 17.6 Å². The number of hydrazine groups is 1. The zero-order valence-electron chi connectivity index (χ0n) is 15.4. The number of benzene rings is 2. The van der Waals surface area contributed by atoms with Crippen LogP contribution in [0.4, 0.5) is 20.2 Å². The summed E-state index contributed by atoms with van der Waals surface area (Å²) in [6, 6.07) is 8.86. The number of anilines is 2. The average molecular weight is 426 g/mol. The molecule has 2 unspecified atom stereocenters. The minimum absolute atomic E-state index is 0.0124. The van der Waals surface area contributed by atoms with Crippen LogP contribution in [0.2, 0.25) is 0 Å². The molecule has 156 valence electrons. The van der Waals surface area contributed by atoms with Gasteiger partial charge in [0.15, 0.2) is 5.37 Å². The molecule has 0 spiro atoms. The lowest BCUT2D eigenvalue weighted by Crippen LogP contribution is -2.45. The Bertz CT molecular complexity index is 966. The van der Waals surface area contributed by atoms with Crippen molar-refractivity contribution in [1.82, 2.24) is 10.9 Å². The van der Waals surface area contributed by atoms with Gasteiger partial charge in [-0.1, -0.05) is 0 Å². The van der Waals surface area contributed by atoms with Crippen molar-refractivity contribution in [2.45, 2.75) is 12.3 Å². The number of hydrogen-bond acceptors (Lipinski definition) is 6. The smallest absolute Gasteiger partial charge is 0.250 e. The van der Waals surface area contributed by atoms with E-state index in [9.17, 15) is 22.0 Å². The largest absolute Gasteiger partial charge is 0.494 e. The standard InChI is InChI=1S/C18H20F2N4O4S/c1-2-28-15-5-3-13(4-6-15)24-29(26,27)18-16(10-21-23-18)17(25)22-14-8-11(19)7-12(20)9-14/h3-9,16,18,21,23-24H,2,10H2,1H3,(H,22,25). The van der Waals surface area contributed by atoms with Crippen molar-refractivity contribution in [3.63, 3.8) is 0 Å². The van der Waals surface area contributed by atoms with Crippen LogP contribution in [0.3, 0.4) is 0 Å². The monoisotopic (exact) mass is 426 g/mol. The Balaban J connectivity index is 1.71. The highest BCUT2D eigenvalue weighted by molar-refractivity contribution is 7.93. The van der Waals surface area contributed by atoms with Gasteiger partial charge in [0.2, 0.25) is 5.91 Å². The molecule has 0 bridgehead atoms. The van der Waals surface area contributed by atoms with Crippen LogP contribution in [0.25, 0.3) is 0 Å². The number of nitrogens with one attached hydrogen (secondary N) is 4. The number of halogens is 2. The van der Waals surface area contributed by atoms with Crippen LogP contribution < -0.4 is 25.6 Å². The van der Waals surface area contributed by atoms with Crippen molar-refractivity contribution in [3.05, 3.63) is 54.1 Å². The first-order chi connectivity index (χ1) is 13.8. The minimum Gasteiger partial charge on any atom is -0.494 e. The summed E-state index contributed by atoms with van der Waals surface area (Å²) in [6.07, 6.45) is 0. The van der Waals surface area contributed by atoms with Gasteiger partial charge in [-0.2, -0.15) is 0 Å². The maximum absolute atomic E-state index is 13.3. The number of ether oxygens (including phenoxy) is 1. The first-order valence-electron chi connectivity index (χ1n) is 8.78. The van der Waals surface area contributed by atoms with Crippen molar-refractivity contribution in [2.75, 3.05) is 23.2 Å². The van der Waals surface area contributed by atoms with Gasteiger partial charge in [-0.15, -0.1) is 0 Å². The number of carbonyl (C=O) groups is 1. The molecule has 8 nitrogen and oxygen atoms in total. The molecule has 0 radical (unpaired) electrons. The molecule has 1 saturated heterocycles. The Morgan fingerprint density at radius 1 is 1.14 bits per heavy atom. The van der Waals surface area contributed by atoms with Crippen molar-refractivity contribution >= 4 is 27.3 Å². The zero-order valence-corrected chi connectivity index (χ0v) is 16.2. The summed E-state index contributed by atoms with van der Waals surface area (Å²) < 4.78 is 59.8. The highest BCUT2D eigenvalue weighted by Gasteiger charge is 2.42. The van der Waals surface area contributed by atoms with Gasteiger partial charge < -0.3 is 10.1 Å². The van der Waals surface area contributed by atoms with Crippen LogP contribution >= 0.6 is 0 Å². The summed E-state index contributed by atoms with van der Waals surface area (Å²) in [5.74, 6) is -2.86. The first kappa shape index (κ1) is 21.0. The fourth-order valence-corrected chi connectivity index (χ4v) is 4.36. The highest BCUT2D eigenvalue weighted by Crippen LogP contribution is 2.22. The quantitative estimate of drug-likeness (QED) is 0.538. The predicted molar refractivity (Wildman–Crippen MR) is 104 cm³/mol. The summed E-state index contributed by atoms with van der Waals surface area (Å²) in [7, 11) is -4.01. The van der Waals surface area contributed by atoms with Gasteiger partial charge >= 0.3 is 0 Å². The maximum atomic E-state index is 13.3. The van der Waals surface area contributed by atoms with E-state index in [1.165, 1.54) is 12.1 Å². The van der Waals surface area contributed by atoms with Crippen LogP contribution in [0.1, 0.15) is 6.92 Å². The second-order valence-corrected chi connectivity index (χ2v) is 8.11. The number of carbonyl (C=O) groups excluding carboxylic acids is 1. The number of sulfonamides is 1. The Labute approximate surface area is 166 Å². The molecule has 3 rings (SSSR count). The van der Waals surface area contributed by atoms with Gasteiger partial charge in [-0.25, -0.2) is 22.6 Å². The molecule has 4 N–H and O–H groups in total. The van der Waals surface area contributed by atoms with Gasteiger partial charge in [-0.3, -0.25) is 14.9 Å². The second-order valence-electron chi connectivity index (χ2n) is 6.30. The predicted octanol–water partition coefficient (Wildman–Crippen LogP) is 1.79. The first-order valence-corrected chi connectivity index (χ1v) is 10.3. The van der Waals surface area contributed by atoms with E-state index in [2.05, 4.69) is 20.9 Å². The molecule has 0 saturated carbocycles. The molecule has 11 heteroatoms. The van der Waals surface area contributed by atoms with Crippen LogP contribution in [-0.4, -0.2) is 32.9 Å². The Morgan fingerprint density at radius 3 is 2.41 bits per heavy atom. The third kappa shape index (κ3) is 5.19. The molecule has 1 fully saturated rings. The lowest BCUT2D eigenvalue weighted by Gasteiger charge is -2.19. The topological polar surface area (TPSA) is 109 Å². The molecule has 1 aliphatic heterocycles. The summed E-state index contributed by atoms with van der Waals surface area (Å²) in [5, 5.41) is 1.05. The molecule has 29 heavy (non-hydrogen) atoms. The maximum Gasteiger partial charge on any atom is 0.250 e. The van der Waals surface area contributed by atoms with E-state index in [1.807, 2.05) is 6.92 Å². The molecule has 2 atom stereocenters. The lowest BCUT2D eigenvalue weighted by atomic mass is 10.1. The average Bonchev–Trinajstić information content (AvgIpc) is 3.13. The fraction of sp³-hybridized carbons (Fsp3) is 0.278. The third-order valence-electron chi connectivity index (χ3n) is 4.16. The van der Waals surface area contributed by atoms with E-state index >= 15 is 0 Å². The second kappa shape index (κ2) is 8.72. The van der Waals surface area contributed by atoms with Crippen LogP contribution in [0.15, 0.2) is 42.5 Å². The molecular formula is C18H20F2N4O4S. The molecule has 1 amide bonds. The van der Waals surface area contributed by atoms with Crippen LogP contribution in [0.5, 0.6) is 5.75 Å². The van der Waals surface area contributed by atoms with E-state index in [1.54, 1.807) is 12.1 Å². The Morgan fingerprint density at radius 2 is 1.79 bits per heavy atom. The van der Waals surface area contributed by atoms with E-state index in [0.29, 0.717) is 24.1 Å². The van der Waals surface area contributed by atoms with Crippen molar-refractivity contribution in [2.24, 2.45) is 5.92 Å². The zero-order chi connectivity index (χ0) is 21.0. The van der Waals surface area contributed by atoms with Gasteiger partial charge in [0.25, 0.3) is 10.0 Å². The van der Waals surface area contributed by atoms with Crippen molar-refractivity contribution in [3.8, 4) is 5.75 Å². The third-order valence-corrected chi connectivity index (χ3v) is 5.79. The molecule has 2 aromatic rings. The fourth-order valence-electron chi connectivity index (χ4n) is 2.88. The van der Waals surface area contributed by atoms with Crippen molar-refractivity contribution in [1.29, 1.82) is 0 Å². The Kier molecular flexibility index (Phi) is 6.30. The SMILES string of the molecule is CCOc1ccc(NS(=O)(=O)C2NNCC2C(=O)Nc2cc(F)cc(F)c2)cc1. The normalized spacial score (nSPS) is 19.0. The van der Waals surface area contributed by atoms with E-state index < -0.39 is 38.9 Å². The molecule has 1 heterocycles. The van der Waals surface area contributed by atoms with Gasteiger partial charge in [-0.05, 0) is 43.3 Å². The summed E-state index contributed by atoms with van der Waals surface area (Å²) in [5.41, 5.74) is 5.38. The summed E-state index contributed by atoms with van der Waals surface area (Å²) in [4.78, 5) is 12.5. The lowest BCUT2D eigenvalue weighted by molar-refractivity contribution is -0.119. The van der Waals surface area contributed by atoms with Crippen LogP contribution in [-0.2, 0) is 14.8 Å². The highest BCUT2D eigenvalue weighted by atomic mass is 32.2. The van der Waals surface area contributed by atoms with Gasteiger partial charge in [0, 0.05) is 24.0 Å². The van der Waals surface area contributed by atoms with E-state index in [0.717, 1.165) is 12.1 Å². The van der Waals surface area contributed by atoms with Gasteiger partial charge in [0.1, 0.15) is 17.4 Å². The summed E-state index contributed by atoms with van der Waals surface area (Å²) in [6.45, 7) is 2.33. The number of hydrogen-bond donors (Lipinski definition) is 4.